The average Bonchev–Trinajstić information content (AvgIpc) is 3.09. The number of aliphatic hydroxyl groups excluding tert-OH is 1. The fourth-order valence-electron chi connectivity index (χ4n) is 4.91. The summed E-state index contributed by atoms with van der Waals surface area (Å²) < 4.78 is 96.7. The molecule has 4 N–H and O–H groups in total. The van der Waals surface area contributed by atoms with Crippen LogP contribution in [0.4, 0.5) is 13.2 Å². The van der Waals surface area contributed by atoms with E-state index in [0.29, 0.717) is 12.2 Å². The van der Waals surface area contributed by atoms with Gasteiger partial charge in [0, 0.05) is 30.1 Å². The van der Waals surface area contributed by atoms with Gasteiger partial charge in [-0.05, 0) is 69.7 Å². The normalized spacial score (nSPS) is 16.3. The maximum Gasteiger partial charge on any atom is 0.417 e. The number of hydrogen-bond acceptors (Lipinski definition) is 5. The lowest BCUT2D eigenvalue weighted by Gasteiger charge is -2.26. The molecule has 1 aromatic carbocycles. The summed E-state index contributed by atoms with van der Waals surface area (Å²) >= 11 is 0. The molecule has 37 heavy (non-hydrogen) atoms. The molecular weight excluding hydrogens is 531 g/mol. The molecule has 0 bridgehead atoms. The highest BCUT2D eigenvalue weighted by Crippen LogP contribution is 2.39. The quantitative estimate of drug-likeness (QED) is 0.420. The van der Waals surface area contributed by atoms with Crippen molar-refractivity contribution in [3.05, 3.63) is 35.5 Å². The lowest BCUT2D eigenvalue weighted by molar-refractivity contribution is -0.139. The number of nitrogens with two attached hydrogens (primary N) is 1. The van der Waals surface area contributed by atoms with E-state index in [0.717, 1.165) is 44.2 Å². The van der Waals surface area contributed by atoms with Gasteiger partial charge in [0.2, 0.25) is 20.0 Å². The fraction of sp³-hybridized carbons (Fsp3) is 0.583. The van der Waals surface area contributed by atoms with Crippen LogP contribution in [0.2, 0.25) is 0 Å². The first-order valence-electron chi connectivity index (χ1n) is 12.1. The summed E-state index contributed by atoms with van der Waals surface area (Å²) in [6, 6.07) is 4.09. The van der Waals surface area contributed by atoms with Crippen molar-refractivity contribution in [3.8, 4) is 11.3 Å². The van der Waals surface area contributed by atoms with Crippen molar-refractivity contribution >= 4 is 20.0 Å². The SMILES string of the molecule is Cc1c(S(N)(=O)=O)cc(-c2ccc(S(=O)(=O)NC(C)(C)CCO)c(C(F)(F)F)c2)n1CC1CCCCC1. The first-order chi connectivity index (χ1) is 17.0. The van der Waals surface area contributed by atoms with E-state index in [9.17, 15) is 35.1 Å². The third-order valence-corrected chi connectivity index (χ3v) is 9.59. The van der Waals surface area contributed by atoms with Gasteiger partial charge in [-0.2, -0.15) is 13.2 Å². The molecule has 3 rings (SSSR count). The number of halogens is 3. The van der Waals surface area contributed by atoms with Gasteiger partial charge in [-0.1, -0.05) is 25.3 Å². The first kappa shape index (κ1) is 29.6. The molecule has 1 fully saturated rings. The molecule has 0 amide bonds. The van der Waals surface area contributed by atoms with E-state index in [1.807, 2.05) is 0 Å². The Hall–Kier alpha value is -1.93. The van der Waals surface area contributed by atoms with E-state index < -0.39 is 42.2 Å². The van der Waals surface area contributed by atoms with Gasteiger partial charge in [0.15, 0.2) is 0 Å². The van der Waals surface area contributed by atoms with Crippen molar-refractivity contribution < 1.29 is 35.1 Å². The Kier molecular flexibility index (Phi) is 8.55. The highest BCUT2D eigenvalue weighted by Gasteiger charge is 2.39. The maximum absolute atomic E-state index is 14.1. The van der Waals surface area contributed by atoms with E-state index in [1.165, 1.54) is 26.0 Å². The third kappa shape index (κ3) is 6.94. The molecule has 1 aromatic heterocycles. The minimum Gasteiger partial charge on any atom is -0.396 e. The van der Waals surface area contributed by atoms with Crippen LogP contribution in [0.5, 0.6) is 0 Å². The zero-order chi connectivity index (χ0) is 27.8. The summed E-state index contributed by atoms with van der Waals surface area (Å²) in [5, 5.41) is 14.6. The predicted molar refractivity (Wildman–Crippen MR) is 134 cm³/mol. The highest BCUT2D eigenvalue weighted by atomic mass is 32.2. The Morgan fingerprint density at radius 1 is 1.05 bits per heavy atom. The van der Waals surface area contributed by atoms with Crippen LogP contribution in [-0.4, -0.2) is 38.7 Å². The predicted octanol–water partition coefficient (Wildman–Crippen LogP) is 4.15. The van der Waals surface area contributed by atoms with Crippen LogP contribution in [0.15, 0.2) is 34.1 Å². The molecule has 2 aromatic rings. The number of rotatable bonds is 9. The van der Waals surface area contributed by atoms with Gasteiger partial charge in [-0.3, -0.25) is 0 Å². The number of alkyl halides is 3. The van der Waals surface area contributed by atoms with Crippen molar-refractivity contribution in [2.24, 2.45) is 11.1 Å². The molecule has 0 saturated heterocycles. The number of aliphatic hydroxyl groups is 1. The molecule has 0 atom stereocenters. The Bertz CT molecular complexity index is 1340. The lowest BCUT2D eigenvalue weighted by Crippen LogP contribution is -2.44. The minimum atomic E-state index is -5.01. The second-order valence-electron chi connectivity index (χ2n) is 10.3. The summed E-state index contributed by atoms with van der Waals surface area (Å²) in [5.74, 6) is 0.228. The fourth-order valence-corrected chi connectivity index (χ4v) is 7.35. The molecule has 1 aliphatic carbocycles. The monoisotopic (exact) mass is 565 g/mol. The van der Waals surface area contributed by atoms with E-state index in [2.05, 4.69) is 4.72 Å². The van der Waals surface area contributed by atoms with Gasteiger partial charge in [-0.15, -0.1) is 0 Å². The lowest BCUT2D eigenvalue weighted by atomic mass is 9.89. The van der Waals surface area contributed by atoms with Crippen molar-refractivity contribution in [1.29, 1.82) is 0 Å². The summed E-state index contributed by atoms with van der Waals surface area (Å²) in [6.45, 7) is 4.53. The van der Waals surface area contributed by atoms with E-state index in [1.54, 1.807) is 11.5 Å². The van der Waals surface area contributed by atoms with Gasteiger partial charge < -0.3 is 9.67 Å². The largest absolute Gasteiger partial charge is 0.417 e. The highest BCUT2D eigenvalue weighted by molar-refractivity contribution is 7.89. The second kappa shape index (κ2) is 10.7. The number of nitrogens with zero attached hydrogens (tertiary/aromatic N) is 1. The molecule has 1 saturated carbocycles. The van der Waals surface area contributed by atoms with Crippen LogP contribution in [-0.2, 0) is 32.8 Å². The van der Waals surface area contributed by atoms with Crippen LogP contribution in [0, 0.1) is 12.8 Å². The van der Waals surface area contributed by atoms with Crippen LogP contribution in [0.3, 0.4) is 0 Å². The number of nitrogens with one attached hydrogen (secondary N) is 1. The van der Waals surface area contributed by atoms with Crippen molar-refractivity contribution in [3.63, 3.8) is 0 Å². The summed E-state index contributed by atoms with van der Waals surface area (Å²) in [4.78, 5) is -1.14. The molecule has 0 aliphatic heterocycles. The average molecular weight is 566 g/mol. The Morgan fingerprint density at radius 2 is 1.68 bits per heavy atom. The number of primary sulfonamides is 1. The van der Waals surface area contributed by atoms with Crippen LogP contribution in [0.25, 0.3) is 11.3 Å². The van der Waals surface area contributed by atoms with Gasteiger partial charge in [0.25, 0.3) is 0 Å². The summed E-state index contributed by atoms with van der Waals surface area (Å²) in [5.41, 5.74) is -2.01. The molecular formula is C24H34F3N3O5S2. The Labute approximate surface area is 216 Å². The zero-order valence-corrected chi connectivity index (χ0v) is 22.7. The van der Waals surface area contributed by atoms with Crippen molar-refractivity contribution in [1.82, 2.24) is 9.29 Å². The number of hydrogen-bond donors (Lipinski definition) is 3. The Morgan fingerprint density at radius 3 is 2.22 bits per heavy atom. The van der Waals surface area contributed by atoms with Gasteiger partial charge in [0.1, 0.15) is 4.90 Å². The number of sulfonamides is 2. The van der Waals surface area contributed by atoms with E-state index in [-0.39, 0.29) is 35.1 Å². The molecule has 1 heterocycles. The molecule has 8 nitrogen and oxygen atoms in total. The molecule has 0 spiro atoms. The summed E-state index contributed by atoms with van der Waals surface area (Å²) in [6.07, 6.45) is -0.0378. The summed E-state index contributed by atoms with van der Waals surface area (Å²) in [7, 11) is -8.76. The molecule has 13 heteroatoms. The molecule has 1 aliphatic rings. The van der Waals surface area contributed by atoms with E-state index in [4.69, 9.17) is 5.14 Å². The zero-order valence-electron chi connectivity index (χ0n) is 21.1. The van der Waals surface area contributed by atoms with Gasteiger partial charge >= 0.3 is 6.18 Å². The molecule has 0 radical (unpaired) electrons. The van der Waals surface area contributed by atoms with Crippen molar-refractivity contribution in [2.45, 2.75) is 87.3 Å². The van der Waals surface area contributed by atoms with Crippen molar-refractivity contribution in [2.75, 3.05) is 6.61 Å². The van der Waals surface area contributed by atoms with E-state index >= 15 is 0 Å². The Balaban J connectivity index is 2.17. The molecule has 208 valence electrons. The number of aromatic nitrogens is 1. The van der Waals surface area contributed by atoms with Gasteiger partial charge in [0.05, 0.1) is 10.5 Å². The maximum atomic E-state index is 14.1. The first-order valence-corrected chi connectivity index (χ1v) is 15.1. The molecule has 0 unspecified atom stereocenters. The van der Waals surface area contributed by atoms with Gasteiger partial charge in [-0.25, -0.2) is 26.7 Å². The van der Waals surface area contributed by atoms with Crippen LogP contribution < -0.4 is 9.86 Å². The number of benzene rings is 1. The third-order valence-electron chi connectivity index (χ3n) is 6.81. The standard InChI is InChI=1S/C24H34F3N3O5S2/c1-16-22(36(28,32)33)14-20(30(16)15-17-7-5-4-6-8-17)18-9-10-21(19(13-18)24(25,26)27)37(34,35)29-23(2,3)11-12-31/h9-10,13-14,17,29,31H,4-8,11-12,15H2,1-3H3,(H2,28,32,33). The second-order valence-corrected chi connectivity index (χ2v) is 13.5. The van der Waals surface area contributed by atoms with Crippen LogP contribution in [0.1, 0.15) is 63.6 Å². The van der Waals surface area contributed by atoms with Crippen LogP contribution >= 0.6 is 0 Å². The topological polar surface area (TPSA) is 131 Å². The smallest absolute Gasteiger partial charge is 0.396 e. The minimum absolute atomic E-state index is 0.00400.